The molecule has 3 aromatic rings. The molecular formula is C20H25N9O3. The first-order chi connectivity index (χ1) is 15.7. The number of ether oxygens (including phenoxy) is 2. The zero-order valence-corrected chi connectivity index (χ0v) is 17.8. The molecule has 32 heavy (non-hydrogen) atoms. The summed E-state index contributed by atoms with van der Waals surface area (Å²) in [4.78, 5) is 31.9. The number of morpholine rings is 1. The van der Waals surface area contributed by atoms with Crippen molar-refractivity contribution in [3.63, 3.8) is 0 Å². The molecule has 2 aliphatic heterocycles. The highest BCUT2D eigenvalue weighted by atomic mass is 16.5. The van der Waals surface area contributed by atoms with Gasteiger partial charge in [-0.3, -0.25) is 5.32 Å². The molecule has 0 saturated carbocycles. The van der Waals surface area contributed by atoms with Crippen LogP contribution in [-0.4, -0.2) is 82.3 Å². The Labute approximate surface area is 184 Å². The summed E-state index contributed by atoms with van der Waals surface area (Å²) in [5.74, 6) is 0.849. The van der Waals surface area contributed by atoms with Gasteiger partial charge in [0.25, 0.3) is 0 Å². The van der Waals surface area contributed by atoms with Crippen LogP contribution in [0, 0.1) is 0 Å². The maximum Gasteiger partial charge on any atom is 0.321 e. The van der Waals surface area contributed by atoms with Crippen molar-refractivity contribution in [3.05, 3.63) is 18.6 Å². The van der Waals surface area contributed by atoms with Gasteiger partial charge in [0.15, 0.2) is 5.65 Å². The highest BCUT2D eigenvalue weighted by Crippen LogP contribution is 2.31. The Morgan fingerprint density at radius 3 is 2.47 bits per heavy atom. The number of nitrogens with one attached hydrogen (secondary N) is 2. The summed E-state index contributed by atoms with van der Waals surface area (Å²) < 4.78 is 13.0. The van der Waals surface area contributed by atoms with Gasteiger partial charge in [0.05, 0.1) is 36.5 Å². The highest BCUT2D eigenvalue weighted by molar-refractivity contribution is 5.91. The third-order valence-electron chi connectivity index (χ3n) is 5.65. The zero-order chi connectivity index (χ0) is 21.9. The molecule has 2 N–H and O–H groups in total. The molecule has 5 heterocycles. The molecule has 0 aliphatic carbocycles. The van der Waals surface area contributed by atoms with Gasteiger partial charge in [0.1, 0.15) is 0 Å². The number of urea groups is 1. The smallest absolute Gasteiger partial charge is 0.321 e. The standard InChI is InChI=1S/C20H25N9O3/c1-21-20(30)27-18-22-10-13(11-23-18)16-15-12-24-29(14-2-6-31-7-3-14)17(15)26-19(25-16)28-4-8-32-9-5-28/h10-12,14H,2-9H2,1H3,(H2,21,22,23,27,30). The van der Waals surface area contributed by atoms with Gasteiger partial charge < -0.3 is 19.7 Å². The number of carbonyl (C=O) groups is 1. The van der Waals surface area contributed by atoms with Gasteiger partial charge in [-0.05, 0) is 12.8 Å². The van der Waals surface area contributed by atoms with Crippen LogP contribution in [0.25, 0.3) is 22.3 Å². The Bertz CT molecular complexity index is 1090. The highest BCUT2D eigenvalue weighted by Gasteiger charge is 2.24. The summed E-state index contributed by atoms with van der Waals surface area (Å²) in [6.07, 6.45) is 6.89. The van der Waals surface area contributed by atoms with Crippen molar-refractivity contribution in [2.75, 3.05) is 56.8 Å². The van der Waals surface area contributed by atoms with Crippen LogP contribution in [0.15, 0.2) is 18.6 Å². The predicted octanol–water partition coefficient (Wildman–Crippen LogP) is 1.22. The Balaban J connectivity index is 1.57. The quantitative estimate of drug-likeness (QED) is 0.616. The van der Waals surface area contributed by atoms with E-state index in [2.05, 4.69) is 30.6 Å². The number of carbonyl (C=O) groups excluding carboxylic acids is 1. The summed E-state index contributed by atoms with van der Waals surface area (Å²) >= 11 is 0. The van der Waals surface area contributed by atoms with Crippen LogP contribution in [0.5, 0.6) is 0 Å². The topological polar surface area (TPSA) is 132 Å². The van der Waals surface area contributed by atoms with Crippen molar-refractivity contribution >= 4 is 29.0 Å². The summed E-state index contributed by atoms with van der Waals surface area (Å²) in [7, 11) is 1.53. The number of nitrogens with zero attached hydrogens (tertiary/aromatic N) is 7. The molecule has 168 valence electrons. The van der Waals surface area contributed by atoms with Crippen LogP contribution in [0.3, 0.4) is 0 Å². The first kappa shape index (κ1) is 20.5. The van der Waals surface area contributed by atoms with Crippen LogP contribution < -0.4 is 15.5 Å². The monoisotopic (exact) mass is 439 g/mol. The number of rotatable bonds is 4. The first-order valence-electron chi connectivity index (χ1n) is 10.7. The van der Waals surface area contributed by atoms with Crippen molar-refractivity contribution in [1.82, 2.24) is 35.0 Å². The maximum atomic E-state index is 11.5. The molecule has 3 aromatic heterocycles. The van der Waals surface area contributed by atoms with E-state index in [-0.39, 0.29) is 18.0 Å². The van der Waals surface area contributed by atoms with Crippen LogP contribution >= 0.6 is 0 Å². The second kappa shape index (κ2) is 9.01. The van der Waals surface area contributed by atoms with Crippen molar-refractivity contribution in [1.29, 1.82) is 0 Å². The van der Waals surface area contributed by atoms with Crippen LogP contribution in [0.4, 0.5) is 16.7 Å². The second-order valence-corrected chi connectivity index (χ2v) is 7.64. The predicted molar refractivity (Wildman–Crippen MR) is 117 cm³/mol. The van der Waals surface area contributed by atoms with Crippen molar-refractivity contribution < 1.29 is 14.3 Å². The Kier molecular flexibility index (Phi) is 5.77. The van der Waals surface area contributed by atoms with Gasteiger partial charge in [-0.2, -0.15) is 10.1 Å². The largest absolute Gasteiger partial charge is 0.381 e. The second-order valence-electron chi connectivity index (χ2n) is 7.64. The number of hydrogen-bond donors (Lipinski definition) is 2. The van der Waals surface area contributed by atoms with Crippen LogP contribution in [0.1, 0.15) is 18.9 Å². The Hall–Kier alpha value is -3.38. The van der Waals surface area contributed by atoms with E-state index in [4.69, 9.17) is 19.4 Å². The van der Waals surface area contributed by atoms with Crippen molar-refractivity contribution in [2.45, 2.75) is 18.9 Å². The fourth-order valence-corrected chi connectivity index (χ4v) is 3.91. The number of amides is 2. The van der Waals surface area contributed by atoms with E-state index in [1.165, 1.54) is 7.05 Å². The lowest BCUT2D eigenvalue weighted by Crippen LogP contribution is -2.37. The molecule has 0 unspecified atom stereocenters. The zero-order valence-electron chi connectivity index (χ0n) is 17.8. The summed E-state index contributed by atoms with van der Waals surface area (Å²) in [6, 6.07) is -0.147. The Morgan fingerprint density at radius 1 is 1.03 bits per heavy atom. The molecule has 5 rings (SSSR count). The molecule has 0 radical (unpaired) electrons. The van der Waals surface area contributed by atoms with E-state index in [0.29, 0.717) is 38.1 Å². The lowest BCUT2D eigenvalue weighted by Gasteiger charge is -2.27. The lowest BCUT2D eigenvalue weighted by atomic mass is 10.1. The van der Waals surface area contributed by atoms with Crippen LogP contribution in [0.2, 0.25) is 0 Å². The van der Waals surface area contributed by atoms with Crippen LogP contribution in [-0.2, 0) is 9.47 Å². The average Bonchev–Trinajstić information content (AvgIpc) is 3.29. The van der Waals surface area contributed by atoms with Gasteiger partial charge in [0, 0.05) is 51.3 Å². The molecule has 12 heteroatoms. The molecule has 2 saturated heterocycles. The summed E-state index contributed by atoms with van der Waals surface area (Å²) in [6.45, 7) is 4.16. The van der Waals surface area contributed by atoms with Gasteiger partial charge in [-0.25, -0.2) is 24.4 Å². The van der Waals surface area contributed by atoms with Gasteiger partial charge in [-0.1, -0.05) is 0 Å². The molecule has 2 aliphatic rings. The normalized spacial score (nSPS) is 17.5. The van der Waals surface area contributed by atoms with Crippen molar-refractivity contribution in [2.24, 2.45) is 0 Å². The summed E-state index contributed by atoms with van der Waals surface area (Å²) in [5.41, 5.74) is 2.22. The molecule has 0 spiro atoms. The molecule has 2 amide bonds. The van der Waals surface area contributed by atoms with Gasteiger partial charge in [-0.15, -0.1) is 0 Å². The third kappa shape index (κ3) is 4.06. The van der Waals surface area contributed by atoms with E-state index in [0.717, 1.165) is 42.5 Å². The van der Waals surface area contributed by atoms with E-state index in [1.54, 1.807) is 18.6 Å². The van der Waals surface area contributed by atoms with E-state index < -0.39 is 0 Å². The van der Waals surface area contributed by atoms with E-state index >= 15 is 0 Å². The van der Waals surface area contributed by atoms with Gasteiger partial charge >= 0.3 is 6.03 Å². The van der Waals surface area contributed by atoms with Crippen molar-refractivity contribution in [3.8, 4) is 11.3 Å². The van der Waals surface area contributed by atoms with E-state index in [1.807, 2.05) is 4.68 Å². The first-order valence-corrected chi connectivity index (χ1v) is 10.7. The maximum absolute atomic E-state index is 11.5. The fraction of sp³-hybridized carbons (Fsp3) is 0.500. The van der Waals surface area contributed by atoms with E-state index in [9.17, 15) is 4.79 Å². The Morgan fingerprint density at radius 2 is 1.75 bits per heavy atom. The number of hydrogen-bond acceptors (Lipinski definition) is 9. The molecule has 0 bridgehead atoms. The fourth-order valence-electron chi connectivity index (χ4n) is 3.91. The minimum absolute atomic E-state index is 0.213. The minimum atomic E-state index is -0.380. The minimum Gasteiger partial charge on any atom is -0.381 e. The van der Waals surface area contributed by atoms with Gasteiger partial charge in [0.2, 0.25) is 11.9 Å². The molecule has 12 nitrogen and oxygen atoms in total. The third-order valence-corrected chi connectivity index (χ3v) is 5.65. The molecule has 2 fully saturated rings. The molecular weight excluding hydrogens is 414 g/mol. The number of fused-ring (bicyclic) bond motifs is 1. The lowest BCUT2D eigenvalue weighted by molar-refractivity contribution is 0.0673. The molecule has 0 atom stereocenters. The number of anilines is 2. The SMILES string of the molecule is CNC(=O)Nc1ncc(-c2nc(N3CCOCC3)nc3c2cnn3C2CCOCC2)cn1. The average molecular weight is 439 g/mol. The number of aromatic nitrogens is 6. The summed E-state index contributed by atoms with van der Waals surface area (Å²) in [5, 5.41) is 10.5. The molecule has 0 aromatic carbocycles.